The number of hydrogen-bond donors (Lipinski definition) is 1. The Labute approximate surface area is 92.1 Å². The van der Waals surface area contributed by atoms with Gasteiger partial charge in [-0.15, -0.1) is 0 Å². The van der Waals surface area contributed by atoms with Crippen LogP contribution in [0.2, 0.25) is 0 Å². The minimum absolute atomic E-state index is 0.675. The van der Waals surface area contributed by atoms with E-state index in [2.05, 4.69) is 36.3 Å². The van der Waals surface area contributed by atoms with Crippen molar-refractivity contribution in [1.29, 1.82) is 0 Å². The third kappa shape index (κ3) is 2.57. The van der Waals surface area contributed by atoms with Crippen molar-refractivity contribution in [1.82, 2.24) is 10.3 Å². The van der Waals surface area contributed by atoms with Gasteiger partial charge >= 0.3 is 0 Å². The molecule has 0 radical (unpaired) electrons. The standard InChI is InChI=1S/C13H20N2/c1-10-9-13(5-8-15-10)11(2)12-3-6-14-7-4-12/h5,8-9,11-12,14H,3-4,6-7H2,1-2H3. The maximum absolute atomic E-state index is 4.26. The monoisotopic (exact) mass is 204 g/mol. The van der Waals surface area contributed by atoms with E-state index >= 15 is 0 Å². The summed E-state index contributed by atoms with van der Waals surface area (Å²) in [6, 6.07) is 4.40. The van der Waals surface area contributed by atoms with Gasteiger partial charge in [-0.2, -0.15) is 0 Å². The molecule has 1 aliphatic heterocycles. The minimum Gasteiger partial charge on any atom is -0.317 e. The van der Waals surface area contributed by atoms with Gasteiger partial charge in [0.25, 0.3) is 0 Å². The Kier molecular flexibility index (Phi) is 3.37. The molecule has 1 N–H and O–H groups in total. The van der Waals surface area contributed by atoms with Crippen molar-refractivity contribution >= 4 is 0 Å². The van der Waals surface area contributed by atoms with E-state index in [1.165, 1.54) is 31.5 Å². The van der Waals surface area contributed by atoms with Crippen LogP contribution in [0.15, 0.2) is 18.3 Å². The zero-order valence-electron chi connectivity index (χ0n) is 9.66. The van der Waals surface area contributed by atoms with Crippen LogP contribution in [-0.2, 0) is 0 Å². The predicted molar refractivity (Wildman–Crippen MR) is 63.0 cm³/mol. The normalized spacial score (nSPS) is 20.1. The lowest BCUT2D eigenvalue weighted by Gasteiger charge is -2.28. The Morgan fingerprint density at radius 2 is 2.13 bits per heavy atom. The number of aromatic nitrogens is 1. The highest BCUT2D eigenvalue weighted by atomic mass is 14.9. The van der Waals surface area contributed by atoms with Crippen LogP contribution in [0.5, 0.6) is 0 Å². The fraction of sp³-hybridized carbons (Fsp3) is 0.615. The number of pyridine rings is 1. The molecule has 2 heteroatoms. The number of piperidine rings is 1. The second kappa shape index (κ2) is 4.75. The lowest BCUT2D eigenvalue weighted by atomic mass is 9.82. The van der Waals surface area contributed by atoms with Gasteiger partial charge in [0, 0.05) is 11.9 Å². The molecule has 0 spiro atoms. The van der Waals surface area contributed by atoms with Crippen LogP contribution >= 0.6 is 0 Å². The second-order valence-electron chi connectivity index (χ2n) is 4.61. The smallest absolute Gasteiger partial charge is 0.0375 e. The van der Waals surface area contributed by atoms with Gasteiger partial charge in [0.2, 0.25) is 0 Å². The lowest BCUT2D eigenvalue weighted by Crippen LogP contribution is -2.30. The largest absolute Gasteiger partial charge is 0.317 e. The second-order valence-corrected chi connectivity index (χ2v) is 4.61. The van der Waals surface area contributed by atoms with Crippen molar-refractivity contribution in [3.8, 4) is 0 Å². The van der Waals surface area contributed by atoms with E-state index in [9.17, 15) is 0 Å². The van der Waals surface area contributed by atoms with Crippen LogP contribution < -0.4 is 5.32 Å². The maximum atomic E-state index is 4.26. The molecule has 1 saturated heterocycles. The molecule has 0 aromatic carbocycles. The molecule has 1 aromatic heterocycles. The van der Waals surface area contributed by atoms with Gasteiger partial charge in [-0.25, -0.2) is 0 Å². The topological polar surface area (TPSA) is 24.9 Å². The van der Waals surface area contributed by atoms with Crippen molar-refractivity contribution in [2.45, 2.75) is 32.6 Å². The summed E-state index contributed by atoms with van der Waals surface area (Å²) < 4.78 is 0. The Balaban J connectivity index is 2.08. The van der Waals surface area contributed by atoms with Crippen LogP contribution in [0.3, 0.4) is 0 Å². The van der Waals surface area contributed by atoms with Gasteiger partial charge in [0.15, 0.2) is 0 Å². The summed E-state index contributed by atoms with van der Waals surface area (Å²) in [7, 11) is 0. The molecule has 0 bridgehead atoms. The zero-order chi connectivity index (χ0) is 10.7. The van der Waals surface area contributed by atoms with Gasteiger partial charge in [-0.3, -0.25) is 4.98 Å². The molecule has 1 aliphatic rings. The van der Waals surface area contributed by atoms with E-state index in [-0.39, 0.29) is 0 Å². The van der Waals surface area contributed by atoms with Crippen LogP contribution in [0.1, 0.15) is 36.9 Å². The van der Waals surface area contributed by atoms with Crippen LogP contribution in [0.25, 0.3) is 0 Å². The fourth-order valence-corrected chi connectivity index (χ4v) is 2.47. The highest BCUT2D eigenvalue weighted by Gasteiger charge is 2.20. The number of hydrogen-bond acceptors (Lipinski definition) is 2. The van der Waals surface area contributed by atoms with Crippen molar-refractivity contribution < 1.29 is 0 Å². The van der Waals surface area contributed by atoms with E-state index in [4.69, 9.17) is 0 Å². The third-order valence-electron chi connectivity index (χ3n) is 3.54. The Morgan fingerprint density at radius 1 is 1.40 bits per heavy atom. The summed E-state index contributed by atoms with van der Waals surface area (Å²) in [4.78, 5) is 4.26. The van der Waals surface area contributed by atoms with E-state index in [0.717, 1.165) is 11.6 Å². The fourth-order valence-electron chi connectivity index (χ4n) is 2.47. The quantitative estimate of drug-likeness (QED) is 0.800. The van der Waals surface area contributed by atoms with Gasteiger partial charge < -0.3 is 5.32 Å². The van der Waals surface area contributed by atoms with Crippen LogP contribution in [0.4, 0.5) is 0 Å². The molecule has 0 saturated carbocycles. The molecule has 1 aromatic rings. The molecule has 0 aliphatic carbocycles. The van der Waals surface area contributed by atoms with Crippen molar-refractivity contribution in [2.24, 2.45) is 5.92 Å². The molecule has 2 nitrogen and oxygen atoms in total. The first kappa shape index (κ1) is 10.6. The Morgan fingerprint density at radius 3 is 2.80 bits per heavy atom. The molecule has 2 rings (SSSR count). The molecule has 1 fully saturated rings. The lowest BCUT2D eigenvalue weighted by molar-refractivity contribution is 0.330. The van der Waals surface area contributed by atoms with E-state index in [1.54, 1.807) is 0 Å². The molecule has 1 atom stereocenters. The summed E-state index contributed by atoms with van der Waals surface area (Å²) in [5.74, 6) is 1.52. The van der Waals surface area contributed by atoms with E-state index in [1.807, 2.05) is 6.20 Å². The minimum atomic E-state index is 0.675. The van der Waals surface area contributed by atoms with E-state index < -0.39 is 0 Å². The molecule has 1 unspecified atom stereocenters. The highest BCUT2D eigenvalue weighted by Crippen LogP contribution is 2.30. The number of nitrogens with zero attached hydrogens (tertiary/aromatic N) is 1. The first-order valence-electron chi connectivity index (χ1n) is 5.90. The van der Waals surface area contributed by atoms with Crippen molar-refractivity contribution in [2.75, 3.05) is 13.1 Å². The first-order chi connectivity index (χ1) is 7.27. The predicted octanol–water partition coefficient (Wildman–Crippen LogP) is 2.49. The Bertz CT molecular complexity index is 316. The average molecular weight is 204 g/mol. The maximum Gasteiger partial charge on any atom is 0.0375 e. The average Bonchev–Trinajstić information content (AvgIpc) is 2.29. The van der Waals surface area contributed by atoms with Crippen molar-refractivity contribution in [3.63, 3.8) is 0 Å². The van der Waals surface area contributed by atoms with E-state index in [0.29, 0.717) is 5.92 Å². The summed E-state index contributed by atoms with van der Waals surface area (Å²) in [5, 5.41) is 3.42. The van der Waals surface area contributed by atoms with Gasteiger partial charge in [-0.05, 0) is 62.4 Å². The first-order valence-corrected chi connectivity index (χ1v) is 5.90. The summed E-state index contributed by atoms with van der Waals surface area (Å²) >= 11 is 0. The number of aryl methyl sites for hydroxylation is 1. The molecular weight excluding hydrogens is 184 g/mol. The molecule has 82 valence electrons. The summed E-state index contributed by atoms with van der Waals surface area (Å²) in [6.45, 7) is 6.78. The molecular formula is C13H20N2. The molecule has 15 heavy (non-hydrogen) atoms. The third-order valence-corrected chi connectivity index (χ3v) is 3.54. The summed E-state index contributed by atoms with van der Waals surface area (Å²) in [5.41, 5.74) is 2.59. The van der Waals surface area contributed by atoms with Gasteiger partial charge in [0.05, 0.1) is 0 Å². The molecule has 2 heterocycles. The molecule has 0 amide bonds. The van der Waals surface area contributed by atoms with Gasteiger partial charge in [-0.1, -0.05) is 6.92 Å². The highest BCUT2D eigenvalue weighted by molar-refractivity contribution is 5.20. The van der Waals surface area contributed by atoms with Crippen molar-refractivity contribution in [3.05, 3.63) is 29.6 Å². The zero-order valence-corrected chi connectivity index (χ0v) is 9.66. The van der Waals surface area contributed by atoms with Crippen LogP contribution in [-0.4, -0.2) is 18.1 Å². The van der Waals surface area contributed by atoms with Gasteiger partial charge in [0.1, 0.15) is 0 Å². The van der Waals surface area contributed by atoms with Crippen LogP contribution in [0, 0.1) is 12.8 Å². The SMILES string of the molecule is Cc1cc(C(C)C2CCNCC2)ccn1. The number of nitrogens with one attached hydrogen (secondary N) is 1. The Hall–Kier alpha value is -0.890. The number of rotatable bonds is 2. The summed E-state index contributed by atoms with van der Waals surface area (Å²) in [6.07, 6.45) is 4.55.